The maximum atomic E-state index is 12.5. The Labute approximate surface area is 153 Å². The molecule has 1 saturated heterocycles. The number of carbonyl (C=O) groups excluding carboxylic acids is 1. The lowest BCUT2D eigenvalue weighted by atomic mass is 9.97. The van der Waals surface area contributed by atoms with E-state index in [0.29, 0.717) is 18.1 Å². The van der Waals surface area contributed by atoms with Gasteiger partial charge in [-0.25, -0.2) is 8.42 Å². The predicted molar refractivity (Wildman–Crippen MR) is 96.4 cm³/mol. The summed E-state index contributed by atoms with van der Waals surface area (Å²) in [5, 5.41) is 0.520. The van der Waals surface area contributed by atoms with Gasteiger partial charge in [-0.3, -0.25) is 4.79 Å². The molecule has 0 aliphatic carbocycles. The molecule has 0 bridgehead atoms. The van der Waals surface area contributed by atoms with Crippen LogP contribution in [0.5, 0.6) is 0 Å². The van der Waals surface area contributed by atoms with Crippen LogP contribution in [0.3, 0.4) is 0 Å². The maximum absolute atomic E-state index is 12.5. The van der Waals surface area contributed by atoms with Crippen LogP contribution in [-0.2, 0) is 14.6 Å². The van der Waals surface area contributed by atoms with Crippen molar-refractivity contribution in [2.75, 3.05) is 39.5 Å². The van der Waals surface area contributed by atoms with E-state index < -0.39 is 9.84 Å². The number of hydrogen-bond acceptors (Lipinski definition) is 4. The Hall–Kier alpha value is -0.820. The van der Waals surface area contributed by atoms with E-state index in [1.165, 1.54) is 12.1 Å². The van der Waals surface area contributed by atoms with Gasteiger partial charge in [0.15, 0.2) is 9.84 Å². The lowest BCUT2D eigenvalue weighted by Crippen LogP contribution is -2.44. The second-order valence-electron chi connectivity index (χ2n) is 6.27. The molecule has 8 heteroatoms. The van der Waals surface area contributed by atoms with Gasteiger partial charge in [0.1, 0.15) is 0 Å². The Morgan fingerprint density at radius 2 is 2.04 bits per heavy atom. The number of carbonyl (C=O) groups is 1. The van der Waals surface area contributed by atoms with Crippen LogP contribution in [0.25, 0.3) is 0 Å². The fourth-order valence-electron chi connectivity index (χ4n) is 2.90. The molecule has 1 aromatic carbocycles. The molecule has 0 spiro atoms. The van der Waals surface area contributed by atoms with Crippen molar-refractivity contribution >= 4 is 38.9 Å². The number of halogens is 2. The Morgan fingerprint density at radius 1 is 1.33 bits per heavy atom. The summed E-state index contributed by atoms with van der Waals surface area (Å²) in [5.41, 5.74) is 0. The number of hydrogen-bond donors (Lipinski definition) is 0. The standard InChI is InChI=1S/C16H22Cl2N2O3S/c1-19(2)16(21)12-4-3-7-20(11-12)8-9-24(22,23)15-10-13(17)5-6-14(15)18/h5-6,10,12H,3-4,7-9,11H2,1-2H3. The van der Waals surface area contributed by atoms with Crippen molar-refractivity contribution in [2.45, 2.75) is 17.7 Å². The first kappa shape index (κ1) is 19.5. The summed E-state index contributed by atoms with van der Waals surface area (Å²) in [6.07, 6.45) is 1.74. The van der Waals surface area contributed by atoms with E-state index >= 15 is 0 Å². The molecule has 1 aliphatic heterocycles. The third kappa shape index (κ3) is 4.85. The van der Waals surface area contributed by atoms with Gasteiger partial charge >= 0.3 is 0 Å². The molecule has 1 aliphatic rings. The highest BCUT2D eigenvalue weighted by atomic mass is 35.5. The minimum Gasteiger partial charge on any atom is -0.349 e. The number of likely N-dealkylation sites (tertiary alicyclic amines) is 1. The van der Waals surface area contributed by atoms with Gasteiger partial charge in [0, 0.05) is 32.2 Å². The van der Waals surface area contributed by atoms with Crippen LogP contribution in [0.15, 0.2) is 23.1 Å². The molecule has 1 fully saturated rings. The molecule has 0 aromatic heterocycles. The molecular weight excluding hydrogens is 371 g/mol. The smallest absolute Gasteiger partial charge is 0.226 e. The highest BCUT2D eigenvalue weighted by Gasteiger charge is 2.28. The fourth-order valence-corrected chi connectivity index (χ4v) is 5.00. The van der Waals surface area contributed by atoms with Crippen LogP contribution in [0.1, 0.15) is 12.8 Å². The Balaban J connectivity index is 2.01. The average molecular weight is 393 g/mol. The third-order valence-corrected chi connectivity index (χ3v) is 6.60. The van der Waals surface area contributed by atoms with E-state index in [9.17, 15) is 13.2 Å². The molecular formula is C16H22Cl2N2O3S. The van der Waals surface area contributed by atoms with Gasteiger partial charge < -0.3 is 9.80 Å². The number of nitrogens with zero attached hydrogens (tertiary/aromatic N) is 2. The molecule has 1 heterocycles. The molecule has 1 aromatic rings. The van der Waals surface area contributed by atoms with Crippen LogP contribution in [0.2, 0.25) is 10.0 Å². The zero-order chi connectivity index (χ0) is 17.9. The monoisotopic (exact) mass is 392 g/mol. The van der Waals surface area contributed by atoms with Crippen molar-refractivity contribution < 1.29 is 13.2 Å². The van der Waals surface area contributed by atoms with Crippen molar-refractivity contribution in [3.05, 3.63) is 28.2 Å². The van der Waals surface area contributed by atoms with E-state index in [2.05, 4.69) is 0 Å². The molecule has 2 rings (SSSR count). The Kier molecular flexibility index (Phi) is 6.53. The summed E-state index contributed by atoms with van der Waals surface area (Å²) in [6.45, 7) is 1.77. The van der Waals surface area contributed by atoms with Crippen molar-refractivity contribution in [3.8, 4) is 0 Å². The summed E-state index contributed by atoms with van der Waals surface area (Å²) >= 11 is 11.9. The molecule has 1 amide bonds. The van der Waals surface area contributed by atoms with E-state index in [1.54, 1.807) is 25.1 Å². The molecule has 0 saturated carbocycles. The highest BCUT2D eigenvalue weighted by Crippen LogP contribution is 2.26. The first-order valence-electron chi connectivity index (χ1n) is 7.82. The zero-order valence-corrected chi connectivity index (χ0v) is 16.2. The topological polar surface area (TPSA) is 57.7 Å². The lowest BCUT2D eigenvalue weighted by molar-refractivity contribution is -0.134. The quantitative estimate of drug-likeness (QED) is 0.772. The predicted octanol–water partition coefficient (Wildman–Crippen LogP) is 2.57. The van der Waals surface area contributed by atoms with Crippen LogP contribution < -0.4 is 0 Å². The summed E-state index contributed by atoms with van der Waals surface area (Å²) in [4.78, 5) is 15.8. The van der Waals surface area contributed by atoms with Crippen LogP contribution in [-0.4, -0.2) is 63.6 Å². The fraction of sp³-hybridized carbons (Fsp3) is 0.562. The largest absolute Gasteiger partial charge is 0.349 e. The molecule has 134 valence electrons. The van der Waals surface area contributed by atoms with Gasteiger partial charge in [-0.05, 0) is 37.6 Å². The maximum Gasteiger partial charge on any atom is 0.226 e. The van der Waals surface area contributed by atoms with Gasteiger partial charge in [0.25, 0.3) is 0 Å². The van der Waals surface area contributed by atoms with Gasteiger partial charge in [0.05, 0.1) is 21.6 Å². The number of piperidine rings is 1. The SMILES string of the molecule is CN(C)C(=O)C1CCCN(CCS(=O)(=O)c2cc(Cl)ccc2Cl)C1. The van der Waals surface area contributed by atoms with Crippen molar-refractivity contribution in [3.63, 3.8) is 0 Å². The van der Waals surface area contributed by atoms with Crippen molar-refractivity contribution in [1.29, 1.82) is 0 Å². The minimum atomic E-state index is -3.52. The van der Waals surface area contributed by atoms with Gasteiger partial charge in [0.2, 0.25) is 5.91 Å². The molecule has 0 N–H and O–H groups in total. The highest BCUT2D eigenvalue weighted by molar-refractivity contribution is 7.91. The summed E-state index contributed by atoms with van der Waals surface area (Å²) in [7, 11) is -0.0344. The third-order valence-electron chi connectivity index (χ3n) is 4.20. The van der Waals surface area contributed by atoms with Crippen LogP contribution >= 0.6 is 23.2 Å². The van der Waals surface area contributed by atoms with Gasteiger partial charge in [-0.15, -0.1) is 0 Å². The minimum absolute atomic E-state index is 0.0457. The number of sulfone groups is 1. The molecule has 1 unspecified atom stereocenters. The first-order valence-corrected chi connectivity index (χ1v) is 10.2. The summed E-state index contributed by atoms with van der Waals surface area (Å²) < 4.78 is 25.1. The normalized spacial score (nSPS) is 19.2. The second kappa shape index (κ2) is 8.04. The Morgan fingerprint density at radius 3 is 2.71 bits per heavy atom. The molecule has 0 radical (unpaired) electrons. The lowest BCUT2D eigenvalue weighted by Gasteiger charge is -2.33. The Bertz CT molecular complexity index is 707. The van der Waals surface area contributed by atoms with Crippen molar-refractivity contribution in [2.24, 2.45) is 5.92 Å². The summed E-state index contributed by atoms with van der Waals surface area (Å²) in [5.74, 6) is -0.0118. The van der Waals surface area contributed by atoms with E-state index in [4.69, 9.17) is 23.2 Å². The molecule has 24 heavy (non-hydrogen) atoms. The van der Waals surface area contributed by atoms with Crippen molar-refractivity contribution in [1.82, 2.24) is 9.80 Å². The molecule has 1 atom stereocenters. The van der Waals surface area contributed by atoms with E-state index in [-0.39, 0.29) is 27.5 Å². The van der Waals surface area contributed by atoms with Crippen LogP contribution in [0, 0.1) is 5.92 Å². The number of benzene rings is 1. The van der Waals surface area contributed by atoms with Gasteiger partial charge in [-0.2, -0.15) is 0 Å². The second-order valence-corrected chi connectivity index (χ2v) is 9.19. The van der Waals surface area contributed by atoms with Gasteiger partial charge in [-0.1, -0.05) is 23.2 Å². The average Bonchev–Trinajstić information content (AvgIpc) is 2.54. The number of amides is 1. The summed E-state index contributed by atoms with van der Waals surface area (Å²) in [6, 6.07) is 4.43. The van der Waals surface area contributed by atoms with E-state index in [1.807, 2.05) is 4.90 Å². The zero-order valence-electron chi connectivity index (χ0n) is 13.8. The van der Waals surface area contributed by atoms with E-state index in [0.717, 1.165) is 19.4 Å². The molecule has 5 nitrogen and oxygen atoms in total. The first-order chi connectivity index (χ1) is 11.2. The van der Waals surface area contributed by atoms with Crippen LogP contribution in [0.4, 0.5) is 0 Å². The number of rotatable bonds is 5.